The molecule has 2 saturated carbocycles. The minimum absolute atomic E-state index is 0.0913. The number of pyridine rings is 2. The summed E-state index contributed by atoms with van der Waals surface area (Å²) in [5.41, 5.74) is -1.98. The molecule has 3 aromatic rings. The molecule has 3 aromatic heterocycles. The van der Waals surface area contributed by atoms with E-state index in [1.165, 1.54) is 64.7 Å². The molecule has 0 radical (unpaired) electrons. The van der Waals surface area contributed by atoms with Crippen molar-refractivity contribution in [1.82, 2.24) is 29.6 Å². The smallest absolute Gasteiger partial charge is 0.433 e. The summed E-state index contributed by atoms with van der Waals surface area (Å²) in [5, 5.41) is 12.2. The van der Waals surface area contributed by atoms with E-state index in [4.69, 9.17) is 18.9 Å². The van der Waals surface area contributed by atoms with Crippen LogP contribution >= 0.6 is 0 Å². The van der Waals surface area contributed by atoms with Gasteiger partial charge in [-0.1, -0.05) is 0 Å². The Morgan fingerprint density at radius 1 is 0.946 bits per heavy atom. The topological polar surface area (TPSA) is 238 Å². The lowest BCUT2D eigenvalue weighted by atomic mass is 9.81. The fraction of sp³-hybridized carbons (Fsp3) is 0.412. The maximum absolute atomic E-state index is 13.0. The van der Waals surface area contributed by atoms with E-state index < -0.39 is 56.2 Å². The first-order valence-corrected chi connectivity index (χ1v) is 18.0. The summed E-state index contributed by atoms with van der Waals surface area (Å²) < 4.78 is 85.9. The van der Waals surface area contributed by atoms with Crippen molar-refractivity contribution in [3.05, 3.63) is 64.6 Å². The molecule has 2 bridgehead atoms. The molecule has 2 atom stereocenters. The van der Waals surface area contributed by atoms with Gasteiger partial charge < -0.3 is 29.0 Å². The molecule has 0 spiro atoms. The van der Waals surface area contributed by atoms with Gasteiger partial charge in [-0.2, -0.15) is 31.6 Å². The molecule has 3 heterocycles. The molecule has 0 aliphatic heterocycles. The molecule has 18 nitrogen and oxygen atoms in total. The number of amides is 3. The summed E-state index contributed by atoms with van der Waals surface area (Å²) in [6.07, 6.45) is -1.88. The number of alkyl halides is 3. The number of carbonyl (C=O) groups excluding carboxylic acids is 4. The number of methoxy groups -OCH3 is 3. The third-order valence-electron chi connectivity index (χ3n) is 8.31. The Morgan fingerprint density at radius 2 is 1.57 bits per heavy atom. The first-order valence-electron chi connectivity index (χ1n) is 16.5. The summed E-state index contributed by atoms with van der Waals surface area (Å²) >= 11 is 0. The van der Waals surface area contributed by atoms with Crippen LogP contribution in [0.25, 0.3) is 5.76 Å². The first kappa shape index (κ1) is 43.0. The monoisotopic (exact) mass is 809 g/mol. The maximum atomic E-state index is 13.0. The van der Waals surface area contributed by atoms with Crippen LogP contribution in [0.3, 0.4) is 0 Å². The van der Waals surface area contributed by atoms with Gasteiger partial charge in [0.2, 0.25) is 17.7 Å². The number of anilines is 1. The highest BCUT2D eigenvalue weighted by atomic mass is 32.2. The molecule has 2 aliphatic rings. The van der Waals surface area contributed by atoms with E-state index in [0.717, 1.165) is 6.07 Å². The van der Waals surface area contributed by atoms with Crippen LogP contribution in [-0.2, 0) is 41.9 Å². The van der Waals surface area contributed by atoms with Gasteiger partial charge in [-0.3, -0.25) is 19.7 Å². The number of nitrogens with zero attached hydrogens (tertiary/aromatic N) is 5. The number of hydrogen-bond donors (Lipinski definition) is 3. The predicted octanol–water partition coefficient (Wildman–Crippen LogP) is 3.20. The van der Waals surface area contributed by atoms with Gasteiger partial charge in [-0.25, -0.2) is 19.5 Å². The van der Waals surface area contributed by atoms with Gasteiger partial charge in [0.05, 0.1) is 51.4 Å². The number of urea groups is 1. The highest BCUT2D eigenvalue weighted by Gasteiger charge is 2.45. The minimum Gasteiger partial charge on any atom is -0.506 e. The van der Waals surface area contributed by atoms with Crippen molar-refractivity contribution >= 4 is 45.2 Å². The Balaban J connectivity index is 0.000000249. The number of rotatable bonds is 12. The lowest BCUT2D eigenvalue weighted by Gasteiger charge is -2.21. The molecular formula is C34H38F3N7O11S. The first-order chi connectivity index (χ1) is 26.4. The second-order valence-corrected chi connectivity index (χ2v) is 13.9. The highest BCUT2D eigenvalue weighted by molar-refractivity contribution is 7.90. The van der Waals surface area contributed by atoms with Crippen molar-refractivity contribution in [1.29, 1.82) is 0 Å². The summed E-state index contributed by atoms with van der Waals surface area (Å²) in [5.74, 6) is -2.86. The zero-order valence-electron chi connectivity index (χ0n) is 30.7. The molecule has 0 unspecified atom stereocenters. The Morgan fingerprint density at radius 3 is 2.12 bits per heavy atom. The fourth-order valence-corrected chi connectivity index (χ4v) is 6.66. The van der Waals surface area contributed by atoms with Crippen LogP contribution in [0, 0.1) is 11.8 Å². The molecule has 22 heteroatoms. The molecule has 0 aromatic carbocycles. The number of aliphatic hydroxyl groups excluding tert-OH is 1. The molecule has 0 saturated heterocycles. The quantitative estimate of drug-likeness (QED) is 0.103. The number of sulfonamides is 1. The average molecular weight is 810 g/mol. The van der Waals surface area contributed by atoms with E-state index in [9.17, 15) is 45.9 Å². The third kappa shape index (κ3) is 10.3. The molecule has 5 rings (SSSR count). The number of allylic oxidation sites excluding steroid dienone is 1. The van der Waals surface area contributed by atoms with E-state index in [2.05, 4.69) is 25.3 Å². The zero-order valence-corrected chi connectivity index (χ0v) is 31.5. The zero-order chi connectivity index (χ0) is 41.4. The molecule has 3 N–H and O–H groups in total. The number of aromatic nitrogens is 4. The standard InChI is InChI=1S/C19H20F3NO5.C15H18N6O6S/c1-27-6-7-28-9-13-12(4-5-14(23-13)19(20,21)22)18(26)15-16(24)10-2-3-11(8-10)17(15)25;1-21(2)13(22)9-6-5-7-16-12(9)28(24,25)20-15(23)19-14-17-10(26-3)8-11(18-14)27-4/h4-5,10-11,26H,2-3,6-9H2,1H3;5-8H,1-4H3,(H2,17,18,19,20,23)/t10-,11+;. The number of hydrogen-bond acceptors (Lipinski definition) is 15. The van der Waals surface area contributed by atoms with Crippen LogP contribution in [0.4, 0.5) is 23.9 Å². The van der Waals surface area contributed by atoms with Gasteiger partial charge in [0.25, 0.3) is 15.9 Å². The number of carbonyl (C=O) groups is 4. The van der Waals surface area contributed by atoms with Crippen molar-refractivity contribution in [3.63, 3.8) is 0 Å². The number of ether oxygens (including phenoxy) is 4. The normalized spacial score (nSPS) is 17.4. The van der Waals surface area contributed by atoms with Crippen molar-refractivity contribution < 1.29 is 64.8 Å². The molecular weight excluding hydrogens is 771 g/mol. The SMILES string of the molecule is COCCOCc1nc(C(F)(F)F)ccc1C(O)=C1C(=O)[C@@H]2CC[C@@H](C2)C1=O.COc1cc(OC)nc(NC(=O)NS(=O)(=O)c2ncccc2C(=O)N(C)C)n1. The van der Waals surface area contributed by atoms with Crippen molar-refractivity contribution in [2.45, 2.75) is 37.1 Å². The average Bonchev–Trinajstić information content (AvgIpc) is 3.62. The summed E-state index contributed by atoms with van der Waals surface area (Å²) in [6.45, 7) is -0.00982. The summed E-state index contributed by atoms with van der Waals surface area (Å²) in [7, 11) is 2.60. The van der Waals surface area contributed by atoms with Crippen LogP contribution in [0.2, 0.25) is 0 Å². The van der Waals surface area contributed by atoms with Gasteiger partial charge in [-0.05, 0) is 43.5 Å². The van der Waals surface area contributed by atoms with Crippen LogP contribution in [0.1, 0.15) is 46.6 Å². The lowest BCUT2D eigenvalue weighted by Crippen LogP contribution is -2.36. The highest BCUT2D eigenvalue weighted by Crippen LogP contribution is 2.42. The largest absolute Gasteiger partial charge is 0.506 e. The maximum Gasteiger partial charge on any atom is 0.433 e. The summed E-state index contributed by atoms with van der Waals surface area (Å²) in [4.78, 5) is 65.6. The molecule has 56 heavy (non-hydrogen) atoms. The molecule has 2 fully saturated rings. The molecule has 3 amide bonds. The number of fused-ring (bicyclic) bond motifs is 2. The number of aliphatic hydroxyl groups is 1. The van der Waals surface area contributed by atoms with E-state index >= 15 is 0 Å². The van der Waals surface area contributed by atoms with E-state index in [-0.39, 0.29) is 71.8 Å². The lowest BCUT2D eigenvalue weighted by molar-refractivity contribution is -0.141. The van der Waals surface area contributed by atoms with Crippen molar-refractivity contribution in [2.24, 2.45) is 11.8 Å². The van der Waals surface area contributed by atoms with Crippen LogP contribution in [-0.4, -0.2) is 111 Å². The Bertz CT molecular complexity index is 2070. The Kier molecular flexibility index (Phi) is 14.0. The van der Waals surface area contributed by atoms with Gasteiger partial charge in [-0.15, -0.1) is 0 Å². The Hall–Kier alpha value is -5.74. The third-order valence-corrected chi connectivity index (χ3v) is 9.59. The van der Waals surface area contributed by atoms with Gasteiger partial charge >= 0.3 is 12.2 Å². The van der Waals surface area contributed by atoms with E-state index in [0.29, 0.717) is 25.3 Å². The Labute approximate surface area is 318 Å². The van der Waals surface area contributed by atoms with Gasteiger partial charge in [0.15, 0.2) is 16.6 Å². The second kappa shape index (κ2) is 18.3. The van der Waals surface area contributed by atoms with Crippen LogP contribution < -0.4 is 19.5 Å². The van der Waals surface area contributed by atoms with E-state index in [1.54, 1.807) is 4.72 Å². The van der Waals surface area contributed by atoms with Gasteiger partial charge in [0.1, 0.15) is 17.0 Å². The van der Waals surface area contributed by atoms with Crippen LogP contribution in [0.15, 0.2) is 47.1 Å². The number of Topliss-reactive ketones (excluding diaryl/α,β-unsaturated/α-hetero) is 2. The number of ketones is 2. The number of nitrogens with one attached hydrogen (secondary N) is 2. The van der Waals surface area contributed by atoms with Crippen molar-refractivity contribution in [2.75, 3.05) is 54.0 Å². The van der Waals surface area contributed by atoms with Crippen molar-refractivity contribution in [3.8, 4) is 11.8 Å². The second-order valence-electron chi connectivity index (χ2n) is 12.3. The number of halogens is 3. The summed E-state index contributed by atoms with van der Waals surface area (Å²) in [6, 6.07) is 4.63. The fourth-order valence-electron chi connectivity index (χ4n) is 5.63. The van der Waals surface area contributed by atoms with Gasteiger partial charge in [0, 0.05) is 44.8 Å². The molecule has 2 aliphatic carbocycles. The predicted molar refractivity (Wildman–Crippen MR) is 188 cm³/mol. The molecule has 302 valence electrons. The minimum atomic E-state index is -4.68. The van der Waals surface area contributed by atoms with E-state index in [1.807, 2.05) is 0 Å². The van der Waals surface area contributed by atoms with Crippen LogP contribution in [0.5, 0.6) is 11.8 Å².